The zero-order chi connectivity index (χ0) is 21.1. The van der Waals surface area contributed by atoms with Crippen LogP contribution in [0.4, 0.5) is 0 Å². The molecule has 1 atom stereocenters. The molecule has 0 radical (unpaired) electrons. The minimum Gasteiger partial charge on any atom is -0.465 e. The van der Waals surface area contributed by atoms with Crippen molar-refractivity contribution in [3.63, 3.8) is 0 Å². The Balaban J connectivity index is 1.88. The van der Waals surface area contributed by atoms with E-state index in [1.54, 1.807) is 23.5 Å². The Morgan fingerprint density at radius 2 is 1.86 bits per heavy atom. The van der Waals surface area contributed by atoms with E-state index in [0.717, 1.165) is 18.6 Å². The highest BCUT2D eigenvalue weighted by Crippen LogP contribution is 2.34. The Bertz CT molecular complexity index is 756. The van der Waals surface area contributed by atoms with Gasteiger partial charge in [-0.1, -0.05) is 62.9 Å². The summed E-state index contributed by atoms with van der Waals surface area (Å²) >= 11 is 3.49. The zero-order valence-corrected chi connectivity index (χ0v) is 19.8. The number of ether oxygens (including phenoxy) is 1. The van der Waals surface area contributed by atoms with Crippen molar-refractivity contribution in [2.24, 2.45) is 5.92 Å². The van der Waals surface area contributed by atoms with Crippen LogP contribution in [0.2, 0.25) is 0 Å². The zero-order valence-electron chi connectivity index (χ0n) is 18.2. The molecule has 2 aromatic rings. The van der Waals surface area contributed by atoms with Gasteiger partial charge in [-0.25, -0.2) is 0 Å². The van der Waals surface area contributed by atoms with Gasteiger partial charge in [-0.2, -0.15) is 0 Å². The van der Waals surface area contributed by atoms with Crippen LogP contribution in [0.25, 0.3) is 11.1 Å². The van der Waals surface area contributed by atoms with E-state index in [4.69, 9.17) is 4.74 Å². The molecule has 0 heterocycles. The van der Waals surface area contributed by atoms with Gasteiger partial charge in [0.15, 0.2) is 0 Å². The average Bonchev–Trinajstić information content (AvgIpc) is 2.74. The lowest BCUT2D eigenvalue weighted by atomic mass is 10.0. The van der Waals surface area contributed by atoms with Crippen LogP contribution in [0.3, 0.4) is 0 Å². The predicted molar refractivity (Wildman–Crippen MR) is 128 cm³/mol. The Kier molecular flexibility index (Phi) is 10.7. The lowest BCUT2D eigenvalue weighted by Gasteiger charge is -2.14. The van der Waals surface area contributed by atoms with Crippen molar-refractivity contribution in [2.75, 3.05) is 18.6 Å². The molecule has 0 spiro atoms. The van der Waals surface area contributed by atoms with Crippen LogP contribution < -0.4 is 0 Å². The van der Waals surface area contributed by atoms with E-state index in [0.29, 0.717) is 18.9 Å². The van der Waals surface area contributed by atoms with E-state index < -0.39 is 0 Å². The topological polar surface area (TPSA) is 26.3 Å². The number of esters is 1. The molecule has 0 bridgehead atoms. The first kappa shape index (κ1) is 23.9. The molecule has 158 valence electrons. The van der Waals surface area contributed by atoms with E-state index in [1.807, 2.05) is 0 Å². The van der Waals surface area contributed by atoms with E-state index in [2.05, 4.69) is 69.5 Å². The van der Waals surface area contributed by atoms with Crippen LogP contribution in [0.1, 0.15) is 51.5 Å². The number of hydrogen-bond acceptors (Lipinski definition) is 4. The Labute approximate surface area is 185 Å². The van der Waals surface area contributed by atoms with Crippen molar-refractivity contribution in [3.8, 4) is 11.1 Å². The monoisotopic (exact) mass is 430 g/mol. The summed E-state index contributed by atoms with van der Waals surface area (Å²) in [6.07, 6.45) is 7.20. The number of benzene rings is 2. The number of carbonyl (C=O) groups is 1. The number of hydrogen-bond donors (Lipinski definition) is 0. The van der Waals surface area contributed by atoms with Gasteiger partial charge in [0.05, 0.1) is 13.0 Å². The number of aryl methyl sites for hydroxylation is 1. The first-order chi connectivity index (χ1) is 14.1. The number of unbranched alkanes of at least 4 members (excludes halogenated alkanes) is 1. The Morgan fingerprint density at radius 3 is 2.52 bits per heavy atom. The fourth-order valence-corrected chi connectivity index (χ4v) is 4.64. The van der Waals surface area contributed by atoms with Crippen molar-refractivity contribution in [1.82, 2.24) is 0 Å². The van der Waals surface area contributed by atoms with Crippen molar-refractivity contribution in [3.05, 3.63) is 48.0 Å². The van der Waals surface area contributed by atoms with E-state index >= 15 is 0 Å². The smallest absolute Gasteiger partial charge is 0.306 e. The van der Waals surface area contributed by atoms with Gasteiger partial charge in [0, 0.05) is 15.5 Å². The van der Waals surface area contributed by atoms with Crippen LogP contribution in [-0.2, 0) is 9.53 Å². The van der Waals surface area contributed by atoms with Crippen LogP contribution in [-0.4, -0.2) is 24.6 Å². The molecule has 0 saturated carbocycles. The van der Waals surface area contributed by atoms with Gasteiger partial charge in [0.25, 0.3) is 0 Å². The maximum Gasteiger partial charge on any atom is 0.306 e. The maximum atomic E-state index is 12.1. The lowest BCUT2D eigenvalue weighted by molar-refractivity contribution is -0.144. The summed E-state index contributed by atoms with van der Waals surface area (Å²) < 4.78 is 5.52. The third-order valence-corrected chi connectivity index (χ3v) is 6.92. The third-order valence-electron chi connectivity index (χ3n) is 5.13. The summed E-state index contributed by atoms with van der Waals surface area (Å²) in [5.41, 5.74) is 3.76. The highest BCUT2D eigenvalue weighted by molar-refractivity contribution is 7.99. The molecule has 1 unspecified atom stereocenters. The highest BCUT2D eigenvalue weighted by atomic mass is 32.2. The fourth-order valence-electron chi connectivity index (χ4n) is 3.17. The van der Waals surface area contributed by atoms with Gasteiger partial charge < -0.3 is 4.74 Å². The van der Waals surface area contributed by atoms with Crippen LogP contribution in [0.5, 0.6) is 0 Å². The molecule has 0 saturated heterocycles. The molecule has 2 rings (SSSR count). The molecule has 0 aliphatic heterocycles. The summed E-state index contributed by atoms with van der Waals surface area (Å²) in [5, 5.41) is 0. The molecule has 0 fully saturated rings. The van der Waals surface area contributed by atoms with E-state index in [1.165, 1.54) is 39.3 Å². The summed E-state index contributed by atoms with van der Waals surface area (Å²) in [7, 11) is 0. The molecule has 2 aromatic carbocycles. The molecule has 2 nitrogen and oxygen atoms in total. The minimum atomic E-state index is -0.0769. The summed E-state index contributed by atoms with van der Waals surface area (Å²) in [6.45, 7) is 7.05. The van der Waals surface area contributed by atoms with Crippen molar-refractivity contribution in [1.29, 1.82) is 0 Å². The van der Waals surface area contributed by atoms with Crippen LogP contribution >= 0.6 is 23.5 Å². The third kappa shape index (κ3) is 8.10. The largest absolute Gasteiger partial charge is 0.465 e. The number of carbonyl (C=O) groups excluding carboxylic acids is 1. The molecule has 0 aliphatic carbocycles. The second-order valence-electron chi connectivity index (χ2n) is 7.43. The van der Waals surface area contributed by atoms with Gasteiger partial charge in [0.1, 0.15) is 0 Å². The Hall–Kier alpha value is -1.39. The van der Waals surface area contributed by atoms with Crippen molar-refractivity contribution in [2.45, 2.75) is 62.7 Å². The molecule has 4 heteroatoms. The van der Waals surface area contributed by atoms with Crippen LogP contribution in [0.15, 0.2) is 52.3 Å². The van der Waals surface area contributed by atoms with E-state index in [9.17, 15) is 4.79 Å². The summed E-state index contributed by atoms with van der Waals surface area (Å²) in [4.78, 5) is 14.6. The van der Waals surface area contributed by atoms with Crippen molar-refractivity contribution < 1.29 is 9.53 Å². The fraction of sp³-hybridized carbons (Fsp3) is 0.480. The number of thioether (sulfide) groups is 2. The molecule has 0 aliphatic rings. The number of rotatable bonds is 12. The standard InChI is InChI=1S/C25H34O2S2/c1-5-7-8-20(6-2)18-27-25(26)15-16-29-22-13-14-24(28-4)23(17-22)21-11-9-19(3)10-12-21/h9-14,17,20H,5-8,15-16,18H2,1-4H3. The molecular formula is C25H34O2S2. The second-order valence-corrected chi connectivity index (χ2v) is 9.44. The first-order valence-electron chi connectivity index (χ1n) is 10.6. The quantitative estimate of drug-likeness (QED) is 0.255. The first-order valence-corrected chi connectivity index (χ1v) is 12.8. The molecule has 0 N–H and O–H groups in total. The molecule has 0 aromatic heterocycles. The van der Waals surface area contributed by atoms with Gasteiger partial charge in [-0.15, -0.1) is 23.5 Å². The highest BCUT2D eigenvalue weighted by Gasteiger charge is 2.11. The molecular weight excluding hydrogens is 396 g/mol. The molecule has 0 amide bonds. The lowest BCUT2D eigenvalue weighted by Crippen LogP contribution is -2.14. The maximum absolute atomic E-state index is 12.1. The van der Waals surface area contributed by atoms with Gasteiger partial charge in [0.2, 0.25) is 0 Å². The Morgan fingerprint density at radius 1 is 1.10 bits per heavy atom. The molecule has 29 heavy (non-hydrogen) atoms. The van der Waals surface area contributed by atoms with Gasteiger partial charge in [-0.05, 0) is 54.8 Å². The predicted octanol–water partition coefficient (Wildman–Crippen LogP) is 7.63. The van der Waals surface area contributed by atoms with Crippen LogP contribution in [0, 0.1) is 12.8 Å². The SMILES string of the molecule is CCCCC(CC)COC(=O)CCSc1ccc(SC)c(-c2ccc(C)cc2)c1. The van der Waals surface area contributed by atoms with E-state index in [-0.39, 0.29) is 5.97 Å². The summed E-state index contributed by atoms with van der Waals surface area (Å²) in [5.74, 6) is 1.17. The average molecular weight is 431 g/mol. The van der Waals surface area contributed by atoms with Crippen molar-refractivity contribution >= 4 is 29.5 Å². The minimum absolute atomic E-state index is 0.0769. The van der Waals surface area contributed by atoms with Gasteiger partial charge in [-0.3, -0.25) is 4.79 Å². The summed E-state index contributed by atoms with van der Waals surface area (Å²) in [6, 6.07) is 15.2. The second kappa shape index (κ2) is 13.0. The normalized spacial score (nSPS) is 12.0. The van der Waals surface area contributed by atoms with Gasteiger partial charge >= 0.3 is 5.97 Å².